The zero-order valence-corrected chi connectivity index (χ0v) is 49.5. The molecule has 33 rings (SSSR count). The smallest absolute Gasteiger partial charge is 0.0726 e. The van der Waals surface area contributed by atoms with Gasteiger partial charge in [-0.25, -0.2) is 0 Å². The molecular formula is C89H38Si. The van der Waals surface area contributed by atoms with Crippen LogP contribution in [0.1, 0.15) is 62.3 Å². The summed E-state index contributed by atoms with van der Waals surface area (Å²) in [6, 6.07) is 42.8. The maximum absolute atomic E-state index is 3.85. The normalized spacial score (nSPS) is 25.8. The van der Waals surface area contributed by atoms with E-state index in [1.807, 2.05) is 0 Å². The average Bonchev–Trinajstić information content (AvgIpc) is 1.44. The predicted molar refractivity (Wildman–Crippen MR) is 380 cm³/mol. The van der Waals surface area contributed by atoms with Crippen LogP contribution in [0.5, 0.6) is 0 Å². The molecule has 2 fully saturated rings. The molecule has 0 radical (unpaired) electrons. The first kappa shape index (κ1) is 40.4. The number of rotatable bonds is 3. The quantitative estimate of drug-likeness (QED) is 0.0940. The van der Waals surface area contributed by atoms with Crippen molar-refractivity contribution in [3.05, 3.63) is 205 Å². The van der Waals surface area contributed by atoms with Gasteiger partial charge in [-0.3, -0.25) is 0 Å². The van der Waals surface area contributed by atoms with Gasteiger partial charge in [-0.2, -0.15) is 0 Å². The Balaban J connectivity index is 0.000000101. The third-order valence-corrected chi connectivity index (χ3v) is 32.6. The lowest BCUT2D eigenvalue weighted by molar-refractivity contribution is 0.406. The Morgan fingerprint density at radius 3 is 1.49 bits per heavy atom. The first-order chi connectivity index (χ1) is 44.5. The molecule has 0 saturated heterocycles. The third kappa shape index (κ3) is 3.09. The van der Waals surface area contributed by atoms with Crippen LogP contribution >= 0.6 is 0 Å². The van der Waals surface area contributed by atoms with Crippen molar-refractivity contribution in [1.29, 1.82) is 0 Å². The van der Waals surface area contributed by atoms with Gasteiger partial charge in [0.15, 0.2) is 0 Å². The molecule has 0 aliphatic heterocycles. The van der Waals surface area contributed by atoms with Crippen molar-refractivity contribution in [1.82, 2.24) is 0 Å². The lowest BCUT2D eigenvalue weighted by atomic mass is 9.56. The third-order valence-electron chi connectivity index (χ3n) is 29.3. The molecule has 0 heterocycles. The van der Waals surface area contributed by atoms with E-state index in [1.165, 1.54) is 87.7 Å². The summed E-state index contributed by atoms with van der Waals surface area (Å²) in [6.07, 6.45) is 15.5. The van der Waals surface area contributed by atoms with Crippen LogP contribution in [0.4, 0.5) is 0 Å². The van der Waals surface area contributed by atoms with Crippen molar-refractivity contribution in [2.24, 2.45) is 23.7 Å². The molecule has 12 aliphatic carbocycles. The Bertz CT molecular complexity index is 7910. The molecule has 21 aromatic rings. The van der Waals surface area contributed by atoms with Crippen molar-refractivity contribution in [3.63, 3.8) is 0 Å². The van der Waals surface area contributed by atoms with E-state index in [0.717, 1.165) is 0 Å². The maximum Gasteiger partial charge on any atom is 0.0818 e. The second kappa shape index (κ2) is 11.1. The molecule has 398 valence electrons. The molecule has 0 N–H and O–H groups in total. The molecule has 12 aliphatic rings. The largest absolute Gasteiger partial charge is 0.0818 e. The van der Waals surface area contributed by atoms with E-state index in [-0.39, 0.29) is 5.41 Å². The first-order valence-corrected chi connectivity index (χ1v) is 36.9. The average molecular weight is 1140 g/mol. The zero-order valence-electron chi connectivity index (χ0n) is 48.5. The molecule has 90 heavy (non-hydrogen) atoms. The van der Waals surface area contributed by atoms with Crippen molar-refractivity contribution in [2.45, 2.75) is 42.3 Å². The number of hydrogen-bond donors (Lipinski definition) is 0. The summed E-state index contributed by atoms with van der Waals surface area (Å²) in [5, 5.41) is 61.0. The number of fused-ring (bicyclic) bond motifs is 10. The second-order valence-electron chi connectivity index (χ2n) is 31.7. The Hall–Kier alpha value is -10.1. The van der Waals surface area contributed by atoms with Crippen LogP contribution in [-0.4, -0.2) is 8.07 Å². The summed E-state index contributed by atoms with van der Waals surface area (Å²) in [5.41, 5.74) is 30.3. The summed E-state index contributed by atoms with van der Waals surface area (Å²) >= 11 is 0. The topological polar surface area (TPSA) is 0 Å². The minimum atomic E-state index is -1.93. The van der Waals surface area contributed by atoms with Crippen LogP contribution in [0.3, 0.4) is 0 Å². The highest BCUT2D eigenvalue weighted by molar-refractivity contribution is 6.90. The molecule has 0 bridgehead atoms. The summed E-state index contributed by atoms with van der Waals surface area (Å²) in [7, 11) is -1.93. The van der Waals surface area contributed by atoms with Gasteiger partial charge in [-0.1, -0.05) is 175 Å². The van der Waals surface area contributed by atoms with Crippen LogP contribution in [0.15, 0.2) is 150 Å². The monoisotopic (exact) mass is 1130 g/mol. The van der Waals surface area contributed by atoms with Gasteiger partial charge in [0, 0.05) is 52.4 Å². The molecule has 1 heteroatoms. The number of allylic oxidation sites excluding steroid dienone is 8. The number of hydrogen-bond acceptors (Lipinski definition) is 0. The molecule has 0 spiro atoms. The SMILES string of the molecule is C1=C=C2C3C=Cc4c5c6c7c8c9c%10c%11c(ccc%12c%13ccc%14c%15ccc4c6c%15c4c%14c%13c(c%11%12)c9c74)C=1C%10C2C8C=53.C[Si](C)(CC12C3=CC=C4C5C=Cc6c7c8c9c(c%10c1c1c3ccc3c%11ccc%12c%13ccc6c8c%13c6c%12c%11c(c13)c%10c96)C(C=75)C42)c1ccccc1. The minimum absolute atomic E-state index is 0.0147. The first-order valence-electron chi connectivity index (χ1n) is 33.7. The minimum Gasteiger partial charge on any atom is -0.0726 e. The van der Waals surface area contributed by atoms with Gasteiger partial charge in [-0.05, 0) is 277 Å². The highest BCUT2D eigenvalue weighted by atomic mass is 28.3. The Labute approximate surface area is 509 Å². The van der Waals surface area contributed by atoms with Gasteiger partial charge in [0.05, 0.1) is 8.07 Å². The Morgan fingerprint density at radius 1 is 0.389 bits per heavy atom. The van der Waals surface area contributed by atoms with Crippen molar-refractivity contribution in [3.8, 4) is 0 Å². The molecule has 2 saturated carbocycles. The van der Waals surface area contributed by atoms with Gasteiger partial charge >= 0.3 is 0 Å². The van der Waals surface area contributed by atoms with E-state index < -0.39 is 8.07 Å². The summed E-state index contributed by atoms with van der Waals surface area (Å²) < 4.78 is 0. The van der Waals surface area contributed by atoms with Crippen molar-refractivity contribution < 1.29 is 0 Å². The fourth-order valence-electron chi connectivity index (χ4n) is 27.5. The second-order valence-corrected chi connectivity index (χ2v) is 36.4. The van der Waals surface area contributed by atoms with E-state index in [0.29, 0.717) is 41.4 Å². The maximum atomic E-state index is 3.85. The summed E-state index contributed by atoms with van der Waals surface area (Å²) in [6.45, 7) is 5.36. The molecule has 8 atom stereocenters. The number of benzene rings is 13. The van der Waals surface area contributed by atoms with E-state index in [2.05, 4.69) is 164 Å². The highest BCUT2D eigenvalue weighted by Gasteiger charge is 2.66. The van der Waals surface area contributed by atoms with Crippen LogP contribution in [0.25, 0.3) is 228 Å². The van der Waals surface area contributed by atoms with Crippen LogP contribution in [0.2, 0.25) is 19.1 Å². The fraction of sp³-hybridized carbons (Fsp3) is 0.124. The summed E-state index contributed by atoms with van der Waals surface area (Å²) in [4.78, 5) is 0. The van der Waals surface area contributed by atoms with Gasteiger partial charge in [0.2, 0.25) is 0 Å². The highest BCUT2D eigenvalue weighted by Crippen LogP contribution is 2.79. The zero-order chi connectivity index (χ0) is 56.0. The lowest BCUT2D eigenvalue weighted by Crippen LogP contribution is -2.51. The van der Waals surface area contributed by atoms with Gasteiger partial charge < -0.3 is 0 Å². The standard InChI is InChI=1S/C49H26Si.C40H12/c1-50(2,19-6-4-3-5-7-19)18-49-29-17-16-27-26-13-12-23-22-9-8-20-21-10-11-24-25-14-15-28(29)37-36(25)40-33(24)32(21)38-30(20)31(22)39-34(23)35(26)45(47(27)49)44-42(39)41(38)43(40)46(44)48(37)49;1-2-12-14-5-6-16-18-9-10-20-19-8-7-17-15-4-3-13-11(1)21-22(12)32-24(14)26(16)34-29(18)30(20)35-28(19)27(17)33-25(15)23(13)31(21)36-37(32)39(34)40(35)38(33)36/h3-17,26,45,47H,18H2,1-2H3;1-8,16,29-30,34H. The van der Waals surface area contributed by atoms with Gasteiger partial charge in [-0.15, -0.1) is 0 Å². The van der Waals surface area contributed by atoms with Crippen molar-refractivity contribution >= 4 is 242 Å². The molecule has 0 amide bonds. The molecular weight excluding hydrogens is 1100 g/mol. The van der Waals surface area contributed by atoms with Crippen LogP contribution in [-0.2, 0) is 5.41 Å². The molecule has 8 unspecified atom stereocenters. The van der Waals surface area contributed by atoms with Crippen LogP contribution < -0.4 is 15.6 Å². The molecule has 21 aromatic carbocycles. The van der Waals surface area contributed by atoms with Crippen LogP contribution in [0, 0.1) is 23.7 Å². The van der Waals surface area contributed by atoms with E-state index in [4.69, 9.17) is 0 Å². The predicted octanol–water partition coefficient (Wildman–Crippen LogP) is 20.3. The Morgan fingerprint density at radius 2 is 0.867 bits per heavy atom. The van der Waals surface area contributed by atoms with E-state index >= 15 is 0 Å². The lowest BCUT2D eigenvalue weighted by Gasteiger charge is -2.50. The summed E-state index contributed by atoms with van der Waals surface area (Å²) in [5.74, 6) is 3.09. The van der Waals surface area contributed by atoms with E-state index in [9.17, 15) is 0 Å². The Kier molecular flexibility index (Phi) is 4.98. The molecule has 0 aromatic heterocycles. The van der Waals surface area contributed by atoms with Gasteiger partial charge in [0.25, 0.3) is 0 Å². The van der Waals surface area contributed by atoms with E-state index in [1.54, 1.807) is 206 Å². The van der Waals surface area contributed by atoms with Gasteiger partial charge in [0.1, 0.15) is 0 Å². The molecule has 0 nitrogen and oxygen atoms in total. The fourth-order valence-corrected chi connectivity index (χ4v) is 30.8. The van der Waals surface area contributed by atoms with Crippen molar-refractivity contribution in [2.75, 3.05) is 0 Å².